The van der Waals surface area contributed by atoms with E-state index in [2.05, 4.69) is 15.6 Å². The van der Waals surface area contributed by atoms with Gasteiger partial charge in [0.15, 0.2) is 5.82 Å². The van der Waals surface area contributed by atoms with Crippen LogP contribution in [0.3, 0.4) is 0 Å². The minimum absolute atomic E-state index is 0.107. The van der Waals surface area contributed by atoms with Gasteiger partial charge in [0.2, 0.25) is 5.88 Å². The highest BCUT2D eigenvalue weighted by Crippen LogP contribution is 2.08. The predicted molar refractivity (Wildman–Crippen MR) is 45.6 cm³/mol. The van der Waals surface area contributed by atoms with E-state index in [4.69, 9.17) is 10.6 Å². The summed E-state index contributed by atoms with van der Waals surface area (Å²) < 4.78 is 5.27. The quantitative estimate of drug-likeness (QED) is 0.509. The lowest BCUT2D eigenvalue weighted by Crippen LogP contribution is -2.11. The molecule has 1 aromatic heterocycles. The van der Waals surface area contributed by atoms with Crippen molar-refractivity contribution >= 4 is 5.82 Å². The summed E-state index contributed by atoms with van der Waals surface area (Å²) in [6.45, 7) is 3.85. The van der Waals surface area contributed by atoms with Crippen molar-refractivity contribution in [3.8, 4) is 5.88 Å². The largest absolute Gasteiger partial charge is 0.474 e. The molecule has 1 heterocycles. The summed E-state index contributed by atoms with van der Waals surface area (Å²) in [7, 11) is 0. The molecular weight excluding hydrogens is 156 g/mol. The minimum Gasteiger partial charge on any atom is -0.474 e. The van der Waals surface area contributed by atoms with Crippen LogP contribution in [0.4, 0.5) is 5.82 Å². The van der Waals surface area contributed by atoms with Crippen LogP contribution in [0.25, 0.3) is 0 Å². The van der Waals surface area contributed by atoms with Crippen LogP contribution in [0, 0.1) is 0 Å². The lowest BCUT2D eigenvalue weighted by Gasteiger charge is -2.07. The molecular formula is C7H12N4O. The van der Waals surface area contributed by atoms with E-state index in [9.17, 15) is 0 Å². The van der Waals surface area contributed by atoms with Crippen molar-refractivity contribution in [1.82, 2.24) is 10.2 Å². The first-order valence-corrected chi connectivity index (χ1v) is 3.69. The van der Waals surface area contributed by atoms with Gasteiger partial charge in [-0.05, 0) is 19.9 Å². The second-order valence-corrected chi connectivity index (χ2v) is 2.57. The zero-order valence-electron chi connectivity index (χ0n) is 7.11. The van der Waals surface area contributed by atoms with Crippen molar-refractivity contribution in [2.45, 2.75) is 20.0 Å². The Hall–Kier alpha value is -1.36. The minimum atomic E-state index is 0.107. The molecule has 5 heteroatoms. The van der Waals surface area contributed by atoms with Crippen LogP contribution in [-0.4, -0.2) is 16.3 Å². The molecule has 3 N–H and O–H groups in total. The number of hydrogen-bond donors (Lipinski definition) is 2. The Bertz CT molecular complexity index is 234. The van der Waals surface area contributed by atoms with Gasteiger partial charge in [0, 0.05) is 6.07 Å². The van der Waals surface area contributed by atoms with Gasteiger partial charge in [-0.2, -0.15) is 0 Å². The topological polar surface area (TPSA) is 73.1 Å². The SMILES string of the molecule is CC(C)Oc1ccc(NN)nn1. The van der Waals surface area contributed by atoms with Crippen molar-refractivity contribution in [3.05, 3.63) is 12.1 Å². The van der Waals surface area contributed by atoms with Gasteiger partial charge < -0.3 is 10.2 Å². The lowest BCUT2D eigenvalue weighted by molar-refractivity contribution is 0.230. The summed E-state index contributed by atoms with van der Waals surface area (Å²) >= 11 is 0. The zero-order valence-corrected chi connectivity index (χ0v) is 7.11. The van der Waals surface area contributed by atoms with Crippen molar-refractivity contribution in [1.29, 1.82) is 0 Å². The van der Waals surface area contributed by atoms with E-state index in [0.717, 1.165) is 0 Å². The van der Waals surface area contributed by atoms with E-state index >= 15 is 0 Å². The molecule has 0 amide bonds. The van der Waals surface area contributed by atoms with Crippen molar-refractivity contribution in [3.63, 3.8) is 0 Å². The maximum absolute atomic E-state index is 5.27. The summed E-state index contributed by atoms with van der Waals surface area (Å²) in [6, 6.07) is 3.41. The van der Waals surface area contributed by atoms with E-state index in [1.165, 1.54) is 0 Å². The molecule has 1 aromatic rings. The molecule has 12 heavy (non-hydrogen) atoms. The van der Waals surface area contributed by atoms with E-state index < -0.39 is 0 Å². The molecule has 0 saturated heterocycles. The number of aromatic nitrogens is 2. The van der Waals surface area contributed by atoms with Crippen LogP contribution >= 0.6 is 0 Å². The molecule has 5 nitrogen and oxygen atoms in total. The number of anilines is 1. The van der Waals surface area contributed by atoms with Crippen molar-refractivity contribution < 1.29 is 4.74 Å². The first-order chi connectivity index (χ1) is 5.72. The average Bonchev–Trinajstić information content (AvgIpc) is 2.05. The Balaban J connectivity index is 2.65. The third kappa shape index (κ3) is 2.35. The first-order valence-electron chi connectivity index (χ1n) is 3.69. The molecule has 0 bridgehead atoms. The van der Waals surface area contributed by atoms with Crippen molar-refractivity contribution in [2.75, 3.05) is 5.43 Å². The highest BCUT2D eigenvalue weighted by Gasteiger charge is 1.98. The highest BCUT2D eigenvalue weighted by molar-refractivity contribution is 5.32. The molecule has 66 valence electrons. The molecule has 0 aliphatic rings. The number of nitrogens with zero attached hydrogens (tertiary/aromatic N) is 2. The Morgan fingerprint density at radius 2 is 2.17 bits per heavy atom. The van der Waals surface area contributed by atoms with Gasteiger partial charge in [-0.3, -0.25) is 0 Å². The lowest BCUT2D eigenvalue weighted by atomic mass is 10.5. The Kier molecular flexibility index (Phi) is 2.82. The normalized spacial score (nSPS) is 10.0. The van der Waals surface area contributed by atoms with Gasteiger partial charge in [-0.15, -0.1) is 10.2 Å². The van der Waals surface area contributed by atoms with E-state index in [0.29, 0.717) is 11.7 Å². The summed E-state index contributed by atoms with van der Waals surface area (Å²) in [5.74, 6) is 6.13. The molecule has 0 unspecified atom stereocenters. The molecule has 1 rings (SSSR count). The van der Waals surface area contributed by atoms with Gasteiger partial charge in [-0.25, -0.2) is 5.84 Å². The number of hydrogen-bond acceptors (Lipinski definition) is 5. The average molecular weight is 168 g/mol. The molecule has 0 aliphatic carbocycles. The molecule has 0 radical (unpaired) electrons. The van der Waals surface area contributed by atoms with Gasteiger partial charge >= 0.3 is 0 Å². The predicted octanol–water partition coefficient (Wildman–Crippen LogP) is 0.549. The highest BCUT2D eigenvalue weighted by atomic mass is 16.5. The molecule has 0 atom stereocenters. The fourth-order valence-electron chi connectivity index (χ4n) is 0.701. The smallest absolute Gasteiger partial charge is 0.233 e. The fraction of sp³-hybridized carbons (Fsp3) is 0.429. The van der Waals surface area contributed by atoms with Crippen LogP contribution in [0.5, 0.6) is 5.88 Å². The monoisotopic (exact) mass is 168 g/mol. The van der Waals surface area contributed by atoms with Crippen molar-refractivity contribution in [2.24, 2.45) is 5.84 Å². The molecule has 0 aliphatic heterocycles. The van der Waals surface area contributed by atoms with E-state index in [1.807, 2.05) is 13.8 Å². The van der Waals surface area contributed by atoms with Gasteiger partial charge in [0.25, 0.3) is 0 Å². The number of hydrazine groups is 1. The fourth-order valence-corrected chi connectivity index (χ4v) is 0.701. The van der Waals surface area contributed by atoms with Crippen LogP contribution in [0.15, 0.2) is 12.1 Å². The summed E-state index contributed by atoms with van der Waals surface area (Å²) in [5.41, 5.74) is 2.38. The maximum Gasteiger partial charge on any atom is 0.233 e. The summed E-state index contributed by atoms with van der Waals surface area (Å²) in [4.78, 5) is 0. The molecule has 0 fully saturated rings. The Labute approximate surface area is 70.9 Å². The van der Waals surface area contributed by atoms with E-state index in [-0.39, 0.29) is 6.10 Å². The molecule has 0 saturated carbocycles. The number of nitrogen functional groups attached to an aromatic ring is 1. The van der Waals surface area contributed by atoms with Gasteiger partial charge in [0.05, 0.1) is 6.10 Å². The zero-order chi connectivity index (χ0) is 8.97. The molecule has 0 aromatic carbocycles. The van der Waals surface area contributed by atoms with E-state index in [1.54, 1.807) is 12.1 Å². The number of nitrogens with two attached hydrogens (primary N) is 1. The number of ether oxygens (including phenoxy) is 1. The first kappa shape index (κ1) is 8.73. The third-order valence-corrected chi connectivity index (χ3v) is 1.14. The summed E-state index contributed by atoms with van der Waals surface area (Å²) in [6.07, 6.45) is 0.107. The Morgan fingerprint density at radius 3 is 2.58 bits per heavy atom. The van der Waals surface area contributed by atoms with Gasteiger partial charge in [0.1, 0.15) is 0 Å². The van der Waals surface area contributed by atoms with Crippen LogP contribution in [0.2, 0.25) is 0 Å². The molecule has 0 spiro atoms. The van der Waals surface area contributed by atoms with Crippen LogP contribution in [0.1, 0.15) is 13.8 Å². The third-order valence-electron chi connectivity index (χ3n) is 1.14. The van der Waals surface area contributed by atoms with Gasteiger partial charge in [-0.1, -0.05) is 0 Å². The second-order valence-electron chi connectivity index (χ2n) is 2.57. The number of nitrogens with one attached hydrogen (secondary N) is 1. The Morgan fingerprint density at radius 1 is 1.42 bits per heavy atom. The number of rotatable bonds is 3. The standard InChI is InChI=1S/C7H12N4O/c1-5(2)12-7-4-3-6(9-8)10-11-7/h3-5H,8H2,1-2H3,(H,9,10). The van der Waals surface area contributed by atoms with Crippen LogP contribution in [-0.2, 0) is 0 Å². The summed E-state index contributed by atoms with van der Waals surface area (Å²) in [5, 5.41) is 7.51. The maximum atomic E-state index is 5.27. The van der Waals surface area contributed by atoms with Crippen LogP contribution < -0.4 is 16.0 Å². The second kappa shape index (κ2) is 3.87.